The van der Waals surface area contributed by atoms with Crippen LogP contribution >= 0.6 is 0 Å². The standard InChI is InChI=1S/C19H20N4O2/c1-2-22-15-7-4-3-6-14(15)21-18(22)16-8-5-11-23(16)19(25)13-9-10-20-17(24)12-13/h3-4,6-7,9-10,12,16H,2,5,8,11H2,1H3,(H,20,24)/t16-/m0/s1. The lowest BCUT2D eigenvalue weighted by atomic mass is 10.1. The van der Waals surface area contributed by atoms with E-state index in [1.807, 2.05) is 23.1 Å². The van der Waals surface area contributed by atoms with Gasteiger partial charge in [-0.2, -0.15) is 0 Å². The zero-order valence-corrected chi connectivity index (χ0v) is 14.1. The summed E-state index contributed by atoms with van der Waals surface area (Å²) in [5, 5.41) is 0. The number of para-hydroxylation sites is 2. The average molecular weight is 336 g/mol. The molecule has 1 N–H and O–H groups in total. The Morgan fingerprint density at radius 1 is 1.32 bits per heavy atom. The van der Waals surface area contributed by atoms with Crippen LogP contribution in [0.5, 0.6) is 0 Å². The molecule has 0 unspecified atom stereocenters. The Hall–Kier alpha value is -2.89. The van der Waals surface area contributed by atoms with Gasteiger partial charge in [0.2, 0.25) is 5.56 Å². The van der Waals surface area contributed by atoms with Gasteiger partial charge in [-0.3, -0.25) is 9.59 Å². The third-order valence-corrected chi connectivity index (χ3v) is 4.83. The second-order valence-corrected chi connectivity index (χ2v) is 6.30. The van der Waals surface area contributed by atoms with Gasteiger partial charge in [0.25, 0.3) is 5.91 Å². The minimum Gasteiger partial charge on any atom is -0.329 e. The number of pyridine rings is 1. The number of fused-ring (bicyclic) bond motifs is 1. The molecule has 128 valence electrons. The summed E-state index contributed by atoms with van der Waals surface area (Å²) < 4.78 is 2.18. The summed E-state index contributed by atoms with van der Waals surface area (Å²) in [4.78, 5) is 33.7. The number of amides is 1. The van der Waals surface area contributed by atoms with Crippen molar-refractivity contribution in [3.05, 3.63) is 64.3 Å². The maximum atomic E-state index is 12.9. The highest BCUT2D eigenvalue weighted by molar-refractivity contribution is 5.94. The van der Waals surface area contributed by atoms with Crippen LogP contribution in [0.15, 0.2) is 47.4 Å². The highest BCUT2D eigenvalue weighted by Crippen LogP contribution is 2.34. The van der Waals surface area contributed by atoms with Crippen LogP contribution in [-0.2, 0) is 6.54 Å². The Morgan fingerprint density at radius 2 is 2.16 bits per heavy atom. The number of hydrogen-bond acceptors (Lipinski definition) is 3. The molecule has 3 aromatic rings. The molecule has 0 saturated carbocycles. The first kappa shape index (κ1) is 15.6. The van der Waals surface area contributed by atoms with Gasteiger partial charge in [-0.15, -0.1) is 0 Å². The Kier molecular flexibility index (Phi) is 3.87. The van der Waals surface area contributed by atoms with E-state index in [0.717, 1.165) is 36.2 Å². The molecule has 1 aliphatic heterocycles. The molecule has 1 atom stereocenters. The SMILES string of the molecule is CCn1c([C@@H]2CCCN2C(=O)c2cc[nH]c(=O)c2)nc2ccccc21. The van der Waals surface area contributed by atoms with E-state index in [9.17, 15) is 9.59 Å². The van der Waals surface area contributed by atoms with E-state index in [0.29, 0.717) is 12.1 Å². The molecule has 1 amide bonds. The number of carbonyl (C=O) groups is 1. The van der Waals surface area contributed by atoms with Gasteiger partial charge in [0.1, 0.15) is 5.82 Å². The highest BCUT2D eigenvalue weighted by atomic mass is 16.2. The van der Waals surface area contributed by atoms with Crippen molar-refractivity contribution in [1.82, 2.24) is 19.4 Å². The molecule has 1 aliphatic rings. The molecule has 0 spiro atoms. The number of H-pyrrole nitrogens is 1. The van der Waals surface area contributed by atoms with E-state index >= 15 is 0 Å². The van der Waals surface area contributed by atoms with Crippen molar-refractivity contribution < 1.29 is 4.79 Å². The molecule has 0 bridgehead atoms. The topological polar surface area (TPSA) is 71.0 Å². The van der Waals surface area contributed by atoms with E-state index in [1.165, 1.54) is 12.3 Å². The van der Waals surface area contributed by atoms with E-state index < -0.39 is 0 Å². The van der Waals surface area contributed by atoms with Gasteiger partial charge < -0.3 is 14.5 Å². The number of aromatic amines is 1. The fraction of sp³-hybridized carbons (Fsp3) is 0.316. The third-order valence-electron chi connectivity index (χ3n) is 4.83. The molecule has 2 aromatic heterocycles. The van der Waals surface area contributed by atoms with Crippen molar-refractivity contribution >= 4 is 16.9 Å². The molecule has 1 aromatic carbocycles. The first-order chi connectivity index (χ1) is 12.2. The first-order valence-electron chi connectivity index (χ1n) is 8.64. The highest BCUT2D eigenvalue weighted by Gasteiger charge is 2.34. The van der Waals surface area contributed by atoms with Crippen molar-refractivity contribution in [1.29, 1.82) is 0 Å². The molecule has 1 fully saturated rings. The summed E-state index contributed by atoms with van der Waals surface area (Å²) in [6.07, 6.45) is 3.34. The summed E-state index contributed by atoms with van der Waals surface area (Å²) in [5.41, 5.74) is 2.21. The summed E-state index contributed by atoms with van der Waals surface area (Å²) in [7, 11) is 0. The first-order valence-corrected chi connectivity index (χ1v) is 8.64. The van der Waals surface area contributed by atoms with Gasteiger partial charge in [-0.05, 0) is 38.0 Å². The average Bonchev–Trinajstić information content (AvgIpc) is 3.25. The van der Waals surface area contributed by atoms with Crippen LogP contribution in [-0.4, -0.2) is 31.9 Å². The minimum absolute atomic E-state index is 0.0564. The minimum atomic E-state index is -0.262. The molecule has 1 saturated heterocycles. The monoisotopic (exact) mass is 336 g/mol. The summed E-state index contributed by atoms with van der Waals surface area (Å²) in [5.74, 6) is 0.822. The van der Waals surface area contributed by atoms with Crippen LogP contribution < -0.4 is 5.56 Å². The molecular weight excluding hydrogens is 316 g/mol. The zero-order valence-electron chi connectivity index (χ0n) is 14.1. The smallest absolute Gasteiger partial charge is 0.254 e. The fourth-order valence-corrected chi connectivity index (χ4v) is 3.70. The van der Waals surface area contributed by atoms with Gasteiger partial charge >= 0.3 is 0 Å². The van der Waals surface area contributed by atoms with Crippen molar-refractivity contribution in [2.75, 3.05) is 6.54 Å². The molecule has 6 heteroatoms. The predicted molar refractivity (Wildman–Crippen MR) is 95.5 cm³/mol. The van der Waals surface area contributed by atoms with E-state index in [-0.39, 0.29) is 17.5 Å². The number of carbonyl (C=O) groups excluding carboxylic acids is 1. The Labute approximate surface area is 145 Å². The second-order valence-electron chi connectivity index (χ2n) is 6.30. The zero-order chi connectivity index (χ0) is 17.4. The summed E-state index contributed by atoms with van der Waals surface area (Å²) >= 11 is 0. The number of nitrogens with zero attached hydrogens (tertiary/aromatic N) is 3. The number of rotatable bonds is 3. The lowest BCUT2D eigenvalue weighted by molar-refractivity contribution is 0.0727. The van der Waals surface area contributed by atoms with Crippen molar-refractivity contribution in [2.24, 2.45) is 0 Å². The predicted octanol–water partition coefficient (Wildman–Crippen LogP) is 2.72. The van der Waals surface area contributed by atoms with E-state index in [2.05, 4.69) is 22.5 Å². The van der Waals surface area contributed by atoms with Crippen molar-refractivity contribution in [2.45, 2.75) is 32.4 Å². The van der Waals surface area contributed by atoms with Crippen LogP contribution in [0.2, 0.25) is 0 Å². The molecule has 0 aliphatic carbocycles. The molecular formula is C19H20N4O2. The quantitative estimate of drug-likeness (QED) is 0.799. The van der Waals surface area contributed by atoms with Gasteiger partial charge in [0.15, 0.2) is 0 Å². The Morgan fingerprint density at radius 3 is 2.96 bits per heavy atom. The largest absolute Gasteiger partial charge is 0.329 e. The second kappa shape index (κ2) is 6.20. The number of likely N-dealkylation sites (tertiary alicyclic amines) is 1. The van der Waals surface area contributed by atoms with Gasteiger partial charge in [-0.1, -0.05) is 12.1 Å². The Balaban J connectivity index is 1.75. The van der Waals surface area contributed by atoms with Crippen LogP contribution in [0.1, 0.15) is 42.0 Å². The van der Waals surface area contributed by atoms with E-state index in [1.54, 1.807) is 6.07 Å². The molecule has 25 heavy (non-hydrogen) atoms. The number of aromatic nitrogens is 3. The molecule has 3 heterocycles. The number of imidazole rings is 1. The summed E-state index contributed by atoms with van der Waals surface area (Å²) in [6, 6.07) is 11.0. The number of aryl methyl sites for hydroxylation is 1. The lowest BCUT2D eigenvalue weighted by Crippen LogP contribution is -2.32. The van der Waals surface area contributed by atoms with Gasteiger partial charge in [-0.25, -0.2) is 4.98 Å². The van der Waals surface area contributed by atoms with E-state index in [4.69, 9.17) is 4.98 Å². The number of hydrogen-bond donors (Lipinski definition) is 1. The molecule has 6 nitrogen and oxygen atoms in total. The summed E-state index contributed by atoms with van der Waals surface area (Å²) in [6.45, 7) is 3.58. The normalized spacial score (nSPS) is 17.3. The Bertz CT molecular complexity index is 988. The number of nitrogens with one attached hydrogen (secondary N) is 1. The molecule has 0 radical (unpaired) electrons. The van der Waals surface area contributed by atoms with Crippen LogP contribution in [0.3, 0.4) is 0 Å². The van der Waals surface area contributed by atoms with Crippen LogP contribution in [0, 0.1) is 0 Å². The maximum absolute atomic E-state index is 12.9. The fourth-order valence-electron chi connectivity index (χ4n) is 3.70. The van der Waals surface area contributed by atoms with Crippen LogP contribution in [0.25, 0.3) is 11.0 Å². The van der Waals surface area contributed by atoms with Crippen molar-refractivity contribution in [3.8, 4) is 0 Å². The third kappa shape index (κ3) is 2.63. The van der Waals surface area contributed by atoms with Crippen LogP contribution in [0.4, 0.5) is 0 Å². The van der Waals surface area contributed by atoms with Gasteiger partial charge in [0, 0.05) is 30.9 Å². The molecule has 4 rings (SSSR count). The van der Waals surface area contributed by atoms with Gasteiger partial charge in [0.05, 0.1) is 17.1 Å². The maximum Gasteiger partial charge on any atom is 0.254 e. The van der Waals surface area contributed by atoms with Crippen molar-refractivity contribution in [3.63, 3.8) is 0 Å². The number of benzene rings is 1. The lowest BCUT2D eigenvalue weighted by Gasteiger charge is -2.25.